The van der Waals surface area contributed by atoms with Gasteiger partial charge in [-0.3, -0.25) is 0 Å². The van der Waals surface area contributed by atoms with Crippen LogP contribution in [0.3, 0.4) is 0 Å². The smallest absolute Gasteiger partial charge is 0.179 e. The first-order valence-electron chi connectivity index (χ1n) is 26.0. The normalized spacial score (nSPS) is 11.6. The van der Waals surface area contributed by atoms with E-state index in [2.05, 4.69) is 261 Å². The molecular weight excluding hydrogens is 937 g/mol. The largest absolute Gasteiger partial charge is 0.308 e. The number of rotatable bonds is 11. The number of hydrogen-bond donors (Lipinski definition) is 0. The molecule has 0 atom stereocenters. The second-order valence-electron chi connectivity index (χ2n) is 19.7. The molecule has 2 aromatic heterocycles. The van der Waals surface area contributed by atoms with Gasteiger partial charge in [0.1, 0.15) is 0 Å². The van der Waals surface area contributed by atoms with E-state index in [9.17, 15) is 0 Å². The van der Waals surface area contributed by atoms with E-state index in [0.717, 1.165) is 66.4 Å². The first-order valence-corrected chi connectivity index (χ1v) is 28.0. The van der Waals surface area contributed by atoms with E-state index in [1.807, 2.05) is 36.4 Å². The van der Waals surface area contributed by atoms with Crippen LogP contribution in [0.5, 0.6) is 0 Å². The van der Waals surface area contributed by atoms with Gasteiger partial charge in [-0.25, -0.2) is 15.0 Å². The van der Waals surface area contributed by atoms with Gasteiger partial charge in [0.05, 0.1) is 16.7 Å². The molecule has 0 unspecified atom stereocenters. The SMILES string of the molecule is Cc1cccc(-c2ccc3c4ccc(-c5cccc(C)c5)cc4n(-c4cc(-c5cccc([Si](c6ccccc6)(c6ccccc6)c6ccccc6)c5)ccc4-c4nc(-c5ccccc5)nc(-c5ccccc5)n4)c3c2)c1. The molecule has 0 saturated carbocycles. The minimum atomic E-state index is -2.86. The molecule has 5 heteroatoms. The summed E-state index contributed by atoms with van der Waals surface area (Å²) in [7, 11) is -2.86. The number of benzene rings is 11. The van der Waals surface area contributed by atoms with E-state index in [-0.39, 0.29) is 0 Å². The molecule has 4 nitrogen and oxygen atoms in total. The molecule has 360 valence electrons. The predicted molar refractivity (Wildman–Crippen MR) is 320 cm³/mol. The molecule has 0 spiro atoms. The van der Waals surface area contributed by atoms with Gasteiger partial charge in [0.15, 0.2) is 25.5 Å². The molecule has 0 fully saturated rings. The lowest BCUT2D eigenvalue weighted by molar-refractivity contribution is 1.06. The summed E-state index contributed by atoms with van der Waals surface area (Å²) < 4.78 is 2.47. The Bertz CT molecular complexity index is 3970. The van der Waals surface area contributed by atoms with Crippen LogP contribution in [0.15, 0.2) is 279 Å². The Morgan fingerprint density at radius 2 is 0.632 bits per heavy atom. The summed E-state index contributed by atoms with van der Waals surface area (Å²) in [5, 5.41) is 7.62. The first kappa shape index (κ1) is 46.2. The lowest BCUT2D eigenvalue weighted by Crippen LogP contribution is -2.74. The van der Waals surface area contributed by atoms with Crippen LogP contribution >= 0.6 is 0 Å². The summed E-state index contributed by atoms with van der Waals surface area (Å²) >= 11 is 0. The fraction of sp³-hybridized carbons (Fsp3) is 0.0282. The van der Waals surface area contributed by atoms with Crippen LogP contribution in [-0.2, 0) is 0 Å². The number of hydrogen-bond acceptors (Lipinski definition) is 3. The third-order valence-electron chi connectivity index (χ3n) is 14.9. The molecular formula is C71H52N4Si. The maximum Gasteiger partial charge on any atom is 0.179 e. The van der Waals surface area contributed by atoms with E-state index in [1.165, 1.54) is 43.0 Å². The summed E-state index contributed by atoms with van der Waals surface area (Å²) in [5.74, 6) is 1.81. The van der Waals surface area contributed by atoms with Gasteiger partial charge < -0.3 is 4.57 Å². The van der Waals surface area contributed by atoms with Gasteiger partial charge in [0.25, 0.3) is 0 Å². The van der Waals surface area contributed by atoms with Crippen LogP contribution in [0.2, 0.25) is 0 Å². The fourth-order valence-electron chi connectivity index (χ4n) is 11.3. The molecule has 2 heterocycles. The highest BCUT2D eigenvalue weighted by Gasteiger charge is 2.41. The summed E-state index contributed by atoms with van der Waals surface area (Å²) in [6.07, 6.45) is 0. The summed E-state index contributed by atoms with van der Waals surface area (Å²) in [4.78, 5) is 15.9. The molecule has 13 rings (SSSR count). The molecule has 0 saturated heterocycles. The number of fused-ring (bicyclic) bond motifs is 3. The minimum Gasteiger partial charge on any atom is -0.308 e. The van der Waals surface area contributed by atoms with Crippen molar-refractivity contribution in [3.63, 3.8) is 0 Å². The van der Waals surface area contributed by atoms with Crippen LogP contribution in [0.1, 0.15) is 11.1 Å². The molecule has 0 bridgehead atoms. The molecule has 11 aromatic carbocycles. The molecule has 0 aliphatic rings. The van der Waals surface area contributed by atoms with Gasteiger partial charge >= 0.3 is 0 Å². The van der Waals surface area contributed by atoms with Crippen molar-refractivity contribution in [2.45, 2.75) is 13.8 Å². The van der Waals surface area contributed by atoms with Crippen molar-refractivity contribution in [1.29, 1.82) is 0 Å². The molecule has 0 amide bonds. The van der Waals surface area contributed by atoms with Crippen LogP contribution in [0.4, 0.5) is 0 Å². The molecule has 76 heavy (non-hydrogen) atoms. The molecule has 0 radical (unpaired) electrons. The van der Waals surface area contributed by atoms with Gasteiger partial charge in [-0.2, -0.15) is 0 Å². The number of aromatic nitrogens is 4. The van der Waals surface area contributed by atoms with Crippen molar-refractivity contribution in [2.75, 3.05) is 0 Å². The average Bonchev–Trinajstić information content (AvgIpc) is 3.91. The van der Waals surface area contributed by atoms with Crippen molar-refractivity contribution in [3.05, 3.63) is 290 Å². The van der Waals surface area contributed by atoms with Crippen LogP contribution < -0.4 is 20.7 Å². The monoisotopic (exact) mass is 988 g/mol. The highest BCUT2D eigenvalue weighted by Crippen LogP contribution is 2.41. The van der Waals surface area contributed by atoms with Crippen LogP contribution in [0.25, 0.3) is 95.0 Å². The van der Waals surface area contributed by atoms with Crippen LogP contribution in [0, 0.1) is 13.8 Å². The highest BCUT2D eigenvalue weighted by molar-refractivity contribution is 7.19. The Morgan fingerprint density at radius 3 is 1.09 bits per heavy atom. The van der Waals surface area contributed by atoms with Crippen molar-refractivity contribution >= 4 is 50.6 Å². The van der Waals surface area contributed by atoms with Gasteiger partial charge in [0.2, 0.25) is 0 Å². The Morgan fingerprint density at radius 1 is 0.276 bits per heavy atom. The van der Waals surface area contributed by atoms with E-state index < -0.39 is 8.07 Å². The van der Waals surface area contributed by atoms with E-state index in [0.29, 0.717) is 17.5 Å². The third-order valence-corrected chi connectivity index (χ3v) is 19.7. The van der Waals surface area contributed by atoms with Crippen molar-refractivity contribution in [3.8, 4) is 73.2 Å². The molecule has 0 aliphatic carbocycles. The summed E-state index contributed by atoms with van der Waals surface area (Å²) in [5.41, 5.74) is 15.1. The Kier molecular flexibility index (Phi) is 12.0. The second-order valence-corrected chi connectivity index (χ2v) is 23.5. The topological polar surface area (TPSA) is 43.6 Å². The zero-order valence-electron chi connectivity index (χ0n) is 42.3. The summed E-state index contributed by atoms with van der Waals surface area (Å²) in [6, 6.07) is 102. The second kappa shape index (κ2) is 19.7. The third kappa shape index (κ3) is 8.43. The average molecular weight is 989 g/mol. The highest BCUT2D eigenvalue weighted by atomic mass is 28.3. The molecule has 0 aliphatic heterocycles. The van der Waals surface area contributed by atoms with Gasteiger partial charge in [-0.1, -0.05) is 266 Å². The Balaban J connectivity index is 1.12. The van der Waals surface area contributed by atoms with Crippen molar-refractivity contribution in [2.24, 2.45) is 0 Å². The van der Waals surface area contributed by atoms with Crippen molar-refractivity contribution < 1.29 is 0 Å². The van der Waals surface area contributed by atoms with Gasteiger partial charge in [-0.05, 0) is 92.2 Å². The lowest BCUT2D eigenvalue weighted by atomic mass is 10.0. The number of aryl methyl sites for hydroxylation is 2. The maximum absolute atomic E-state index is 5.40. The quantitative estimate of drug-likeness (QED) is 0.0958. The van der Waals surface area contributed by atoms with E-state index in [4.69, 9.17) is 15.0 Å². The summed E-state index contributed by atoms with van der Waals surface area (Å²) in [6.45, 7) is 4.32. The van der Waals surface area contributed by atoms with Crippen molar-refractivity contribution in [1.82, 2.24) is 19.5 Å². The maximum atomic E-state index is 5.40. The van der Waals surface area contributed by atoms with E-state index in [1.54, 1.807) is 0 Å². The molecule has 13 aromatic rings. The molecule has 0 N–H and O–H groups in total. The predicted octanol–water partition coefficient (Wildman–Crippen LogP) is 15.0. The first-order chi connectivity index (χ1) is 37.5. The van der Waals surface area contributed by atoms with E-state index >= 15 is 0 Å². The standard InChI is InChI=1S/C71H52N4Si/c1-49-21-18-27-53(43-49)56-37-40-63-64-41-38-57(54-28-19-22-50(2)44-54)47-67(64)75(66(63)46-56)68-48-58(39-42-65(68)71-73-69(51-23-8-3-9-24-51)72-70(74-71)52-25-10-4-11-26-52)55-29-20-36-62(45-55)76(59-30-12-5-13-31-59,60-32-14-6-15-33-60)61-34-16-7-17-35-61/h3-48H,1-2H3. The Hall–Kier alpha value is -9.55. The van der Waals surface area contributed by atoms with Gasteiger partial charge in [0, 0.05) is 27.5 Å². The Labute approximate surface area is 445 Å². The number of nitrogens with zero attached hydrogens (tertiary/aromatic N) is 4. The fourth-order valence-corrected chi connectivity index (χ4v) is 16.1. The zero-order valence-corrected chi connectivity index (χ0v) is 43.3. The lowest BCUT2D eigenvalue weighted by Gasteiger charge is -2.34. The van der Waals surface area contributed by atoms with Crippen LogP contribution in [-0.4, -0.2) is 27.6 Å². The zero-order chi connectivity index (χ0) is 51.0. The minimum absolute atomic E-state index is 0.589. The van der Waals surface area contributed by atoms with Gasteiger partial charge in [-0.15, -0.1) is 0 Å².